The molecule has 0 fully saturated rings. The van der Waals surface area contributed by atoms with Crippen LogP contribution in [0, 0.1) is 18.2 Å². The van der Waals surface area contributed by atoms with Crippen molar-refractivity contribution in [2.45, 2.75) is 127 Å². The Morgan fingerprint density at radius 1 is 0.437 bits per heavy atom. The van der Waals surface area contributed by atoms with E-state index in [1.54, 1.807) is 5.19 Å². The van der Waals surface area contributed by atoms with Gasteiger partial charge in [-0.15, -0.1) is 76.5 Å². The summed E-state index contributed by atoms with van der Waals surface area (Å²) in [6.45, 7) is 37.9. The molecule has 0 bridgehead atoms. The smallest absolute Gasteiger partial charge is 0.155 e. The van der Waals surface area contributed by atoms with Gasteiger partial charge in [0.1, 0.15) is 0 Å². The van der Waals surface area contributed by atoms with Gasteiger partial charge in [0.2, 0.25) is 0 Å². The Morgan fingerprint density at radius 2 is 0.883 bits per heavy atom. The van der Waals surface area contributed by atoms with Crippen molar-refractivity contribution in [3.05, 3.63) is 248 Å². The molecule has 3 radical (unpaired) electrons. The summed E-state index contributed by atoms with van der Waals surface area (Å²) in [4.78, 5) is 44.1. The topological polar surface area (TPSA) is 160 Å². The Labute approximate surface area is 653 Å². The van der Waals surface area contributed by atoms with Crippen LogP contribution in [0.3, 0.4) is 0 Å². The zero-order valence-corrected chi connectivity index (χ0v) is 73.4. The molecule has 0 saturated carbocycles. The molecule has 0 atom stereocenters. The third kappa shape index (κ3) is 21.8. The van der Waals surface area contributed by atoms with Crippen LogP contribution in [0.2, 0.25) is 72.0 Å². The number of pyridine rings is 3. The molecule has 541 valence electrons. The molecule has 1 aliphatic rings. The maximum Gasteiger partial charge on any atom is 0.155 e. The Kier molecular flexibility index (Phi) is 30.9. The summed E-state index contributed by atoms with van der Waals surface area (Å²) in [5.41, 5.74) is 15.3. The first-order valence-electron chi connectivity index (χ1n) is 33.8. The van der Waals surface area contributed by atoms with Crippen molar-refractivity contribution >= 4 is 119 Å². The van der Waals surface area contributed by atoms with Crippen molar-refractivity contribution in [2.24, 2.45) is 0 Å². The van der Waals surface area contributed by atoms with Crippen LogP contribution in [-0.4, -0.2) is 89.1 Å². The minimum absolute atomic E-state index is 0. The summed E-state index contributed by atoms with van der Waals surface area (Å²) in [5, 5.41) is 37.5. The van der Waals surface area contributed by atoms with E-state index in [1.165, 1.54) is 141 Å². The van der Waals surface area contributed by atoms with Crippen molar-refractivity contribution < 1.29 is 90.0 Å². The van der Waals surface area contributed by atoms with Gasteiger partial charge in [-0.05, 0) is 135 Å². The Bertz CT molecular complexity index is 4980. The molecule has 6 heterocycles. The fourth-order valence-corrected chi connectivity index (χ4v) is 19.2. The van der Waals surface area contributed by atoms with Gasteiger partial charge in [-0.2, -0.15) is 0 Å². The van der Waals surface area contributed by atoms with Crippen LogP contribution in [0.5, 0.6) is 0 Å². The van der Waals surface area contributed by atoms with Crippen LogP contribution >= 0.6 is 0 Å². The van der Waals surface area contributed by atoms with E-state index in [2.05, 4.69) is 292 Å². The fraction of sp³-hybridized carbons (Fsp3) is 0.224. The molecule has 5 aromatic heterocycles. The molecule has 0 unspecified atom stereocenters. The van der Waals surface area contributed by atoms with Gasteiger partial charge in [-0.25, -0.2) is 0 Å². The number of ketones is 3. The van der Waals surface area contributed by atoms with Crippen molar-refractivity contribution in [3.63, 3.8) is 0 Å². The molecule has 1 aliphatic heterocycles. The van der Waals surface area contributed by atoms with Crippen molar-refractivity contribution in [2.75, 3.05) is 0 Å². The summed E-state index contributed by atoms with van der Waals surface area (Å²) in [5.74, 6) is -0.187. The second-order valence-electron chi connectivity index (χ2n) is 28.8. The van der Waals surface area contributed by atoms with Gasteiger partial charge in [-0.1, -0.05) is 206 Å². The number of aryl methyl sites for hydroxylation is 1. The molecule has 12 aromatic rings. The number of aliphatic hydroxyl groups excluding tert-OH is 3. The van der Waals surface area contributed by atoms with E-state index >= 15 is 0 Å². The first kappa shape index (κ1) is 85.7. The number of carbonyl (C=O) groups excluding carboxylic acids is 3. The third-order valence-corrected chi connectivity index (χ3v) is 26.7. The minimum atomic E-state index is -1.59. The minimum Gasteiger partial charge on any atom is -0.512 e. The van der Waals surface area contributed by atoms with Crippen LogP contribution in [0.15, 0.2) is 230 Å². The van der Waals surface area contributed by atoms with Gasteiger partial charge in [0.05, 0.1) is 49.6 Å². The van der Waals surface area contributed by atoms with Crippen LogP contribution < -0.4 is 25.9 Å². The first-order valence-corrected chi connectivity index (χ1v) is 47.3. The van der Waals surface area contributed by atoms with Gasteiger partial charge >= 0.3 is 0 Å². The fourth-order valence-electron chi connectivity index (χ4n) is 12.4. The van der Waals surface area contributed by atoms with Crippen LogP contribution in [0.4, 0.5) is 0 Å². The molecule has 11 nitrogen and oxygen atoms in total. The molecule has 0 spiro atoms. The van der Waals surface area contributed by atoms with Gasteiger partial charge in [-0.3, -0.25) is 14.4 Å². The number of hydrogen-bond donors (Lipinski definition) is 3. The average molecular weight is 1970 g/mol. The van der Waals surface area contributed by atoms with Crippen molar-refractivity contribution in [1.82, 2.24) is 24.1 Å². The van der Waals surface area contributed by atoms with Gasteiger partial charge in [0, 0.05) is 120 Å². The molecule has 0 amide bonds. The maximum atomic E-state index is 10.0. The molecular formula is C85H94Ir3N5O6Si4-3. The van der Waals surface area contributed by atoms with E-state index in [-0.39, 0.29) is 94.9 Å². The third-order valence-electron chi connectivity index (χ3n) is 17.1. The predicted molar refractivity (Wildman–Crippen MR) is 431 cm³/mol. The zero-order valence-electron chi connectivity index (χ0n) is 62.2. The van der Waals surface area contributed by atoms with E-state index in [0.29, 0.717) is 0 Å². The average Bonchev–Trinajstić information content (AvgIpc) is 1.61. The maximum absolute atomic E-state index is 10.0. The largest absolute Gasteiger partial charge is 0.512 e. The number of hydrogen-bond acceptors (Lipinski definition) is 9. The number of benzene rings is 7. The van der Waals surface area contributed by atoms with Gasteiger partial charge in [0.15, 0.2) is 17.3 Å². The zero-order chi connectivity index (χ0) is 73.0. The van der Waals surface area contributed by atoms with E-state index in [0.717, 1.165) is 40.3 Å². The second-order valence-corrected chi connectivity index (χ2v) is 48.3. The van der Waals surface area contributed by atoms with E-state index in [9.17, 15) is 14.4 Å². The summed E-state index contributed by atoms with van der Waals surface area (Å²) >= 11 is 0. The molecule has 18 heteroatoms. The number of carbonyl (C=O) groups is 3. The number of aliphatic hydroxyl groups is 3. The molecule has 0 aliphatic carbocycles. The number of para-hydroxylation sites is 3. The molecule has 3 N–H and O–H groups in total. The Morgan fingerprint density at radius 3 is 1.39 bits per heavy atom. The number of aromatic nitrogens is 5. The summed E-state index contributed by atoms with van der Waals surface area (Å²) in [6.07, 6.45) is 9.29. The standard InChI is InChI=1S/C26H23N2Si.C22H23N2Si.C22H24NSi2.3C5H8O2.3Ir/c1-29(2,3)21-15-16-27-24(18-21)19-13-14-26-23(17-19)22-11-7-8-12-25(22)28(26)20-9-5-4-6-10-20;1-5-24-19-10-7-6-9-17(19)18-15-16(12-13-20(18)24)22-21(25(2,3)4)11-8-14-23-22;1-24(2,3)17-12-13-23-20(15-17)16-10-11-22-19(14-16)18-8-6-7-9-21(18)25(22,4)5;3*1-4(6)3-5(2)7;;;/h4-12,14-18H,1-3H3;6-11,13-15H,5H2,1-4H3;6-9,11-15H,1-5H3;3*3,6H,1-2H3;;;/q3*-1;;;;;;. The van der Waals surface area contributed by atoms with Crippen LogP contribution in [0.1, 0.15) is 48.5 Å². The number of fused-ring (bicyclic) bond motifs is 9. The van der Waals surface area contributed by atoms with Gasteiger partial charge < -0.3 is 39.4 Å². The summed E-state index contributed by atoms with van der Waals surface area (Å²) in [6, 6.07) is 73.7. The molecule has 103 heavy (non-hydrogen) atoms. The van der Waals surface area contributed by atoms with E-state index in [4.69, 9.17) is 20.3 Å². The Balaban J connectivity index is 0.000000241. The molecule has 13 rings (SSSR count). The van der Waals surface area contributed by atoms with E-state index < -0.39 is 32.3 Å². The quantitative estimate of drug-likeness (QED) is 0.0496. The summed E-state index contributed by atoms with van der Waals surface area (Å²) in [7, 11) is -5.80. The van der Waals surface area contributed by atoms with Crippen molar-refractivity contribution in [3.8, 4) is 50.6 Å². The second kappa shape index (κ2) is 37.1. The Hall–Kier alpha value is -7.96. The molecular weight excluding hydrogens is 1880 g/mol. The normalized spacial score (nSPS) is 12.3. The molecule has 7 aromatic carbocycles. The van der Waals surface area contributed by atoms with Crippen molar-refractivity contribution in [1.29, 1.82) is 0 Å². The number of allylic oxidation sites excluding steroid dienone is 6. The first-order chi connectivity index (χ1) is 47.2. The number of rotatable bonds is 11. The monoisotopic (exact) mass is 1970 g/mol. The summed E-state index contributed by atoms with van der Waals surface area (Å²) < 4.78 is 4.68. The van der Waals surface area contributed by atoms with Gasteiger partial charge in [0.25, 0.3) is 0 Å². The predicted octanol–water partition coefficient (Wildman–Crippen LogP) is 18.4. The molecule has 0 saturated heterocycles. The van der Waals surface area contributed by atoms with Crippen LogP contribution in [-0.2, 0) is 81.2 Å². The number of nitrogens with zero attached hydrogens (tertiary/aromatic N) is 5. The van der Waals surface area contributed by atoms with E-state index in [1.807, 2.05) is 18.6 Å². The van der Waals surface area contributed by atoms with Crippen LogP contribution in [0.25, 0.3) is 94.2 Å². The SMILES string of the molecule is CC(=O)C=C(C)O.CC(=O)C=C(C)O.CC(=O)C=C(C)O.CCn1c2c[c-]c(-c3ncccc3[Si](C)(C)C)cc2c2ccccc21.C[Si](C)(C)c1ccnc(-c2[c-]cc3c(c2)-c2ccccc2[Si]3(C)C)c1.C[Si](C)(C)c1ccnc(-c2[c-]cc3c(c2)c2ccccc2n3-c2ccccc2)c1.[Ir].[Ir].[Ir].